The van der Waals surface area contributed by atoms with Gasteiger partial charge in [-0.3, -0.25) is 9.79 Å². The Kier molecular flexibility index (Phi) is 6.39. The maximum Gasteiger partial charge on any atom is 0.326 e. The Morgan fingerprint density at radius 1 is 1.24 bits per heavy atom. The Morgan fingerprint density at radius 2 is 2.00 bits per heavy atom. The van der Waals surface area contributed by atoms with Crippen LogP contribution in [-0.2, 0) is 16.1 Å². The van der Waals surface area contributed by atoms with E-state index in [1.165, 1.54) is 0 Å². The lowest BCUT2D eigenvalue weighted by molar-refractivity contribution is -0.142. The Bertz CT molecular complexity index is 764. The van der Waals surface area contributed by atoms with Gasteiger partial charge in [-0.1, -0.05) is 18.2 Å². The number of para-hydroxylation sites is 1. The van der Waals surface area contributed by atoms with Gasteiger partial charge in [-0.05, 0) is 30.4 Å². The summed E-state index contributed by atoms with van der Waals surface area (Å²) in [6, 6.07) is 8.93. The van der Waals surface area contributed by atoms with Gasteiger partial charge in [-0.2, -0.15) is 0 Å². The predicted molar refractivity (Wildman–Crippen MR) is 96.0 cm³/mol. The van der Waals surface area contributed by atoms with E-state index in [0.717, 1.165) is 10.9 Å². The number of rotatable bonds is 9. The van der Waals surface area contributed by atoms with Crippen molar-refractivity contribution < 1.29 is 14.7 Å². The minimum atomic E-state index is -1.07. The highest BCUT2D eigenvalue weighted by Crippen LogP contribution is 2.15. The molecule has 0 fully saturated rings. The molecule has 2 aromatic rings. The molecule has 0 radical (unpaired) electrons. The zero-order chi connectivity index (χ0) is 18.2. The van der Waals surface area contributed by atoms with Gasteiger partial charge in [0.2, 0.25) is 5.91 Å². The summed E-state index contributed by atoms with van der Waals surface area (Å²) in [5.74, 6) is -1.40. The highest BCUT2D eigenvalue weighted by molar-refractivity contribution is 5.84. The lowest BCUT2D eigenvalue weighted by atomic mass is 10.1. The van der Waals surface area contributed by atoms with E-state index < -0.39 is 12.0 Å². The number of aliphatic carboxylic acids is 1. The van der Waals surface area contributed by atoms with Crippen LogP contribution in [0, 0.1) is 0 Å². The summed E-state index contributed by atoms with van der Waals surface area (Å²) < 4.78 is 1.98. The number of aliphatic imine (C=N–C) groups is 1. The van der Waals surface area contributed by atoms with Gasteiger partial charge >= 0.3 is 5.97 Å². The second-order valence-electron chi connectivity index (χ2n) is 5.73. The van der Waals surface area contributed by atoms with Crippen molar-refractivity contribution in [3.8, 4) is 0 Å². The van der Waals surface area contributed by atoms with Crippen LogP contribution >= 0.6 is 0 Å². The molecule has 0 bridgehead atoms. The van der Waals surface area contributed by atoms with Crippen LogP contribution in [0.15, 0.2) is 41.5 Å². The van der Waals surface area contributed by atoms with Crippen LogP contribution in [-0.4, -0.2) is 40.1 Å². The average molecular weight is 345 g/mol. The van der Waals surface area contributed by atoms with E-state index in [1.807, 2.05) is 41.1 Å². The van der Waals surface area contributed by atoms with Gasteiger partial charge in [-0.25, -0.2) is 4.79 Å². The van der Waals surface area contributed by atoms with Gasteiger partial charge in [0.05, 0.1) is 0 Å². The molecule has 0 aliphatic carbocycles. The van der Waals surface area contributed by atoms with Crippen molar-refractivity contribution in [3.63, 3.8) is 0 Å². The largest absolute Gasteiger partial charge is 0.480 e. The summed E-state index contributed by atoms with van der Waals surface area (Å²) in [5.41, 5.74) is 11.5. The topological polar surface area (TPSA) is 136 Å². The molecule has 0 aliphatic rings. The van der Waals surface area contributed by atoms with E-state index in [1.54, 1.807) is 0 Å². The first-order chi connectivity index (χ1) is 12.0. The predicted octanol–water partition coefficient (Wildman–Crippen LogP) is 0.654. The summed E-state index contributed by atoms with van der Waals surface area (Å²) in [4.78, 5) is 27.1. The fourth-order valence-corrected chi connectivity index (χ4v) is 2.59. The molecule has 0 saturated carbocycles. The first-order valence-corrected chi connectivity index (χ1v) is 8.09. The number of aryl methyl sites for hydroxylation is 1. The van der Waals surface area contributed by atoms with E-state index in [4.69, 9.17) is 11.5 Å². The fourth-order valence-electron chi connectivity index (χ4n) is 2.59. The van der Waals surface area contributed by atoms with Crippen LogP contribution in [0.5, 0.6) is 0 Å². The number of hydrogen-bond acceptors (Lipinski definition) is 3. The molecule has 6 N–H and O–H groups in total. The molecule has 1 aromatic heterocycles. The molecule has 8 nitrogen and oxygen atoms in total. The summed E-state index contributed by atoms with van der Waals surface area (Å²) in [6.07, 6.45) is 2.86. The number of hydrogen-bond donors (Lipinski definition) is 4. The Morgan fingerprint density at radius 3 is 2.72 bits per heavy atom. The number of benzene rings is 1. The van der Waals surface area contributed by atoms with E-state index in [2.05, 4.69) is 10.3 Å². The highest BCUT2D eigenvalue weighted by atomic mass is 16.4. The van der Waals surface area contributed by atoms with Gasteiger partial charge in [-0.15, -0.1) is 0 Å². The second kappa shape index (κ2) is 8.72. The van der Waals surface area contributed by atoms with Crippen LogP contribution in [0.4, 0.5) is 0 Å². The third-order valence-electron chi connectivity index (χ3n) is 3.84. The first-order valence-electron chi connectivity index (χ1n) is 8.09. The number of carbonyl (C=O) groups excluding carboxylic acids is 1. The smallest absolute Gasteiger partial charge is 0.326 e. The van der Waals surface area contributed by atoms with Crippen molar-refractivity contribution in [2.45, 2.75) is 31.8 Å². The van der Waals surface area contributed by atoms with Gasteiger partial charge in [0.15, 0.2) is 5.96 Å². The number of carboxylic acid groups (broad SMARTS) is 1. The molecule has 0 aliphatic heterocycles. The molecule has 1 aromatic carbocycles. The quantitative estimate of drug-likeness (QED) is 0.301. The number of carboxylic acids is 1. The maximum absolute atomic E-state index is 12.1. The number of guanidine groups is 1. The van der Waals surface area contributed by atoms with E-state index in [0.29, 0.717) is 19.5 Å². The van der Waals surface area contributed by atoms with Gasteiger partial charge in [0, 0.05) is 31.2 Å². The zero-order valence-electron chi connectivity index (χ0n) is 13.9. The molecule has 25 heavy (non-hydrogen) atoms. The minimum Gasteiger partial charge on any atom is -0.480 e. The summed E-state index contributed by atoms with van der Waals surface area (Å²) >= 11 is 0. The summed E-state index contributed by atoms with van der Waals surface area (Å²) in [5, 5.41) is 12.9. The molecule has 8 heteroatoms. The first kappa shape index (κ1) is 18.3. The molecular formula is C17H23N5O3. The molecule has 1 unspecified atom stereocenters. The van der Waals surface area contributed by atoms with Crippen LogP contribution < -0.4 is 16.8 Å². The van der Waals surface area contributed by atoms with E-state index >= 15 is 0 Å². The zero-order valence-corrected chi connectivity index (χ0v) is 13.9. The number of nitrogens with two attached hydrogens (primary N) is 2. The van der Waals surface area contributed by atoms with Crippen molar-refractivity contribution in [1.29, 1.82) is 0 Å². The Hall–Kier alpha value is -3.03. The van der Waals surface area contributed by atoms with Gasteiger partial charge in [0.1, 0.15) is 6.04 Å². The second-order valence-corrected chi connectivity index (χ2v) is 5.73. The summed E-state index contributed by atoms with van der Waals surface area (Å²) in [6.45, 7) is 0.816. The van der Waals surface area contributed by atoms with Crippen molar-refractivity contribution in [2.24, 2.45) is 16.5 Å². The fraction of sp³-hybridized carbons (Fsp3) is 0.353. The van der Waals surface area contributed by atoms with Crippen LogP contribution in [0.2, 0.25) is 0 Å². The molecular weight excluding hydrogens is 322 g/mol. The van der Waals surface area contributed by atoms with Crippen molar-refractivity contribution >= 4 is 28.7 Å². The molecule has 2 rings (SSSR count). The molecule has 0 saturated heterocycles. The Balaban J connectivity index is 1.84. The van der Waals surface area contributed by atoms with Crippen molar-refractivity contribution in [3.05, 3.63) is 36.5 Å². The van der Waals surface area contributed by atoms with E-state index in [9.17, 15) is 14.7 Å². The average Bonchev–Trinajstić information content (AvgIpc) is 2.98. The highest BCUT2D eigenvalue weighted by Gasteiger charge is 2.19. The normalized spacial score (nSPS) is 11.8. The Labute approximate surface area is 145 Å². The number of carbonyl (C=O) groups is 2. The van der Waals surface area contributed by atoms with Crippen LogP contribution in [0.1, 0.15) is 19.3 Å². The standard InChI is InChI=1S/C17H23N5O3/c18-17(19)20-9-3-5-13(16(24)25)21-15(23)8-11-22-10-7-12-4-1-2-6-14(12)22/h1-2,4,6-7,10,13H,3,5,8-9,11H2,(H,21,23)(H,24,25)(H4,18,19,20). The number of nitrogens with one attached hydrogen (secondary N) is 1. The molecule has 0 spiro atoms. The molecule has 1 amide bonds. The molecule has 134 valence electrons. The number of amides is 1. The van der Waals surface area contributed by atoms with Crippen LogP contribution in [0.3, 0.4) is 0 Å². The SMILES string of the molecule is NC(N)=NCCCC(NC(=O)CCn1ccc2ccccc21)C(=O)O. The number of aromatic nitrogens is 1. The summed E-state index contributed by atoms with van der Waals surface area (Å²) in [7, 11) is 0. The maximum atomic E-state index is 12.1. The number of nitrogens with zero attached hydrogens (tertiary/aromatic N) is 2. The number of fused-ring (bicyclic) bond motifs is 1. The van der Waals surface area contributed by atoms with Crippen LogP contribution in [0.25, 0.3) is 10.9 Å². The molecule has 1 heterocycles. The lowest BCUT2D eigenvalue weighted by Crippen LogP contribution is -2.41. The monoisotopic (exact) mass is 345 g/mol. The van der Waals surface area contributed by atoms with Crippen molar-refractivity contribution in [1.82, 2.24) is 9.88 Å². The van der Waals surface area contributed by atoms with E-state index in [-0.39, 0.29) is 24.7 Å². The van der Waals surface area contributed by atoms with Gasteiger partial charge in [0.25, 0.3) is 0 Å². The third kappa shape index (κ3) is 5.52. The molecule has 1 atom stereocenters. The minimum absolute atomic E-state index is 0.0325. The third-order valence-corrected chi connectivity index (χ3v) is 3.84. The van der Waals surface area contributed by atoms with Crippen molar-refractivity contribution in [2.75, 3.05) is 6.54 Å². The lowest BCUT2D eigenvalue weighted by Gasteiger charge is -2.14. The van der Waals surface area contributed by atoms with Gasteiger partial charge < -0.3 is 26.5 Å².